The molecular formula is C25H20FN5O2. The zero-order valence-electron chi connectivity index (χ0n) is 17.9. The fourth-order valence-electron chi connectivity index (χ4n) is 4.07. The van der Waals surface area contributed by atoms with Gasteiger partial charge in [-0.25, -0.2) is 14.4 Å². The molecule has 3 aromatic heterocycles. The highest BCUT2D eigenvalue weighted by Crippen LogP contribution is 2.42. The van der Waals surface area contributed by atoms with Crippen LogP contribution in [0.5, 0.6) is 0 Å². The molecule has 33 heavy (non-hydrogen) atoms. The Bertz CT molecular complexity index is 1500. The molecule has 0 amide bonds. The van der Waals surface area contributed by atoms with Gasteiger partial charge in [0, 0.05) is 24.2 Å². The molecule has 0 radical (unpaired) electrons. The fraction of sp³-hybridized carbons (Fsp3) is 0.200. The highest BCUT2D eigenvalue weighted by atomic mass is 19.1. The molecule has 7 nitrogen and oxygen atoms in total. The Morgan fingerprint density at radius 3 is 2.70 bits per heavy atom. The summed E-state index contributed by atoms with van der Waals surface area (Å²) < 4.78 is 22.0. The third-order valence-corrected chi connectivity index (χ3v) is 5.94. The molecule has 0 bridgehead atoms. The zero-order chi connectivity index (χ0) is 22.5. The minimum atomic E-state index is -0.341. The third kappa shape index (κ3) is 3.58. The lowest BCUT2D eigenvalue weighted by molar-refractivity contribution is 0.282. The van der Waals surface area contributed by atoms with Crippen LogP contribution in [0.2, 0.25) is 0 Å². The SMILES string of the molecule is Cn1cnnc1-c1cc(F)ccc1-c1cc(-c2nc3cc(CO)ccc3o2)nc(C2CC2)c1. The molecule has 6 rings (SSSR count). The van der Waals surface area contributed by atoms with Crippen LogP contribution >= 0.6 is 0 Å². The average molecular weight is 441 g/mol. The summed E-state index contributed by atoms with van der Waals surface area (Å²) in [6, 6.07) is 14.1. The van der Waals surface area contributed by atoms with Crippen molar-refractivity contribution >= 4 is 11.1 Å². The summed E-state index contributed by atoms with van der Waals surface area (Å²) in [5.74, 6) is 1.04. The van der Waals surface area contributed by atoms with E-state index >= 15 is 0 Å². The third-order valence-electron chi connectivity index (χ3n) is 5.94. The van der Waals surface area contributed by atoms with Crippen LogP contribution in [0.4, 0.5) is 4.39 Å². The molecule has 5 aromatic rings. The quantitative estimate of drug-likeness (QED) is 0.419. The Kier molecular flexibility index (Phi) is 4.55. The Morgan fingerprint density at radius 2 is 1.94 bits per heavy atom. The van der Waals surface area contributed by atoms with Gasteiger partial charge in [-0.15, -0.1) is 10.2 Å². The van der Waals surface area contributed by atoms with Gasteiger partial charge in [0.1, 0.15) is 23.4 Å². The fourth-order valence-corrected chi connectivity index (χ4v) is 4.07. The molecule has 0 saturated heterocycles. The Balaban J connectivity index is 1.53. The minimum Gasteiger partial charge on any atom is -0.435 e. The molecular weight excluding hydrogens is 421 g/mol. The van der Waals surface area contributed by atoms with E-state index in [0.717, 1.165) is 35.2 Å². The number of halogens is 1. The molecule has 1 saturated carbocycles. The van der Waals surface area contributed by atoms with Crippen LogP contribution in [0, 0.1) is 5.82 Å². The molecule has 8 heteroatoms. The minimum absolute atomic E-state index is 0.0624. The number of hydrogen-bond acceptors (Lipinski definition) is 6. The van der Waals surface area contributed by atoms with Gasteiger partial charge in [0.05, 0.1) is 6.61 Å². The summed E-state index contributed by atoms with van der Waals surface area (Å²) in [6.07, 6.45) is 3.77. The lowest BCUT2D eigenvalue weighted by Gasteiger charge is -2.12. The van der Waals surface area contributed by atoms with Crippen molar-refractivity contribution in [1.29, 1.82) is 0 Å². The Hall–Kier alpha value is -3.91. The number of aromatic nitrogens is 5. The van der Waals surface area contributed by atoms with Crippen molar-refractivity contribution < 1.29 is 13.9 Å². The van der Waals surface area contributed by atoms with Crippen LogP contribution in [0.3, 0.4) is 0 Å². The second-order valence-electron chi connectivity index (χ2n) is 8.37. The molecule has 3 heterocycles. The molecule has 0 aliphatic heterocycles. The molecule has 1 fully saturated rings. The Morgan fingerprint density at radius 1 is 1.06 bits per heavy atom. The largest absolute Gasteiger partial charge is 0.435 e. The van der Waals surface area contributed by atoms with Gasteiger partial charge in [0.2, 0.25) is 5.89 Å². The van der Waals surface area contributed by atoms with Crippen molar-refractivity contribution in [1.82, 2.24) is 24.7 Å². The van der Waals surface area contributed by atoms with Gasteiger partial charge >= 0.3 is 0 Å². The summed E-state index contributed by atoms with van der Waals surface area (Å²) in [4.78, 5) is 9.46. The van der Waals surface area contributed by atoms with Crippen LogP contribution < -0.4 is 0 Å². The maximum Gasteiger partial charge on any atom is 0.246 e. The predicted octanol–water partition coefficient (Wildman–Crippen LogP) is 4.86. The predicted molar refractivity (Wildman–Crippen MR) is 121 cm³/mol. The van der Waals surface area contributed by atoms with Gasteiger partial charge in [0.25, 0.3) is 0 Å². The molecule has 1 aliphatic rings. The average Bonchev–Trinajstić information content (AvgIpc) is 3.46. The van der Waals surface area contributed by atoms with E-state index < -0.39 is 0 Å². The van der Waals surface area contributed by atoms with E-state index in [4.69, 9.17) is 9.40 Å². The first kappa shape index (κ1) is 19.8. The number of rotatable bonds is 5. The van der Waals surface area contributed by atoms with E-state index in [1.807, 2.05) is 19.2 Å². The van der Waals surface area contributed by atoms with Gasteiger partial charge in [-0.2, -0.15) is 0 Å². The summed E-state index contributed by atoms with van der Waals surface area (Å²) in [5, 5.41) is 17.6. The Labute approximate surface area is 188 Å². The monoisotopic (exact) mass is 441 g/mol. The molecule has 1 aliphatic carbocycles. The number of oxazole rings is 1. The second-order valence-corrected chi connectivity index (χ2v) is 8.37. The van der Waals surface area contributed by atoms with Crippen molar-refractivity contribution in [2.75, 3.05) is 0 Å². The summed E-state index contributed by atoms with van der Waals surface area (Å²) >= 11 is 0. The maximum absolute atomic E-state index is 14.2. The van der Waals surface area contributed by atoms with Crippen molar-refractivity contribution in [2.24, 2.45) is 7.05 Å². The van der Waals surface area contributed by atoms with Gasteiger partial charge in [-0.3, -0.25) is 0 Å². The second kappa shape index (κ2) is 7.60. The van der Waals surface area contributed by atoms with Gasteiger partial charge in [-0.1, -0.05) is 12.1 Å². The van der Waals surface area contributed by atoms with Crippen molar-refractivity contribution in [3.63, 3.8) is 0 Å². The number of benzene rings is 2. The molecule has 164 valence electrons. The molecule has 0 spiro atoms. The van der Waals surface area contributed by atoms with Crippen molar-refractivity contribution in [2.45, 2.75) is 25.4 Å². The van der Waals surface area contributed by atoms with E-state index in [1.165, 1.54) is 12.1 Å². The first-order valence-electron chi connectivity index (χ1n) is 10.8. The highest BCUT2D eigenvalue weighted by molar-refractivity contribution is 5.83. The van der Waals surface area contributed by atoms with Gasteiger partial charge in [-0.05, 0) is 65.9 Å². The van der Waals surface area contributed by atoms with Crippen molar-refractivity contribution in [3.8, 4) is 34.1 Å². The van der Waals surface area contributed by atoms with Crippen LogP contribution in [0.15, 0.2) is 59.3 Å². The number of aliphatic hydroxyl groups excluding tert-OH is 1. The number of pyridine rings is 1. The topological polar surface area (TPSA) is 89.9 Å². The number of hydrogen-bond donors (Lipinski definition) is 1. The summed E-state index contributed by atoms with van der Waals surface area (Å²) in [5.41, 5.74) is 6.01. The van der Waals surface area contributed by atoms with Crippen LogP contribution in [0.1, 0.15) is 30.0 Å². The lowest BCUT2D eigenvalue weighted by atomic mass is 9.97. The summed E-state index contributed by atoms with van der Waals surface area (Å²) in [6.45, 7) is -0.0624. The van der Waals surface area contributed by atoms with Crippen LogP contribution in [0.25, 0.3) is 45.2 Å². The smallest absolute Gasteiger partial charge is 0.246 e. The molecule has 0 unspecified atom stereocenters. The first-order valence-corrected chi connectivity index (χ1v) is 10.8. The molecule has 1 N–H and O–H groups in total. The van der Waals surface area contributed by atoms with E-state index in [0.29, 0.717) is 40.0 Å². The standard InChI is InChI=1S/C25H20FN5O2/c1-31-13-27-30-24(31)19-11-17(26)5-6-18(19)16-9-20(15-3-4-15)28-22(10-16)25-29-21-8-14(12-32)2-7-23(21)33-25/h2,5-11,13,15,32H,3-4,12H2,1H3. The van der Waals surface area contributed by atoms with Gasteiger partial charge < -0.3 is 14.1 Å². The van der Waals surface area contributed by atoms with E-state index in [2.05, 4.69) is 21.2 Å². The number of fused-ring (bicyclic) bond motifs is 1. The number of aryl methyl sites for hydroxylation is 1. The first-order chi connectivity index (χ1) is 16.1. The number of aliphatic hydroxyl groups is 1. The van der Waals surface area contributed by atoms with E-state index in [1.54, 1.807) is 29.1 Å². The van der Waals surface area contributed by atoms with Crippen LogP contribution in [-0.2, 0) is 13.7 Å². The van der Waals surface area contributed by atoms with E-state index in [9.17, 15) is 9.50 Å². The zero-order valence-corrected chi connectivity index (χ0v) is 17.9. The van der Waals surface area contributed by atoms with Gasteiger partial charge in [0.15, 0.2) is 11.4 Å². The van der Waals surface area contributed by atoms with Crippen molar-refractivity contribution in [3.05, 3.63) is 71.9 Å². The molecule has 0 atom stereocenters. The molecule has 2 aromatic carbocycles. The van der Waals surface area contributed by atoms with Crippen LogP contribution in [-0.4, -0.2) is 29.8 Å². The maximum atomic E-state index is 14.2. The highest BCUT2D eigenvalue weighted by Gasteiger charge is 2.27. The summed E-state index contributed by atoms with van der Waals surface area (Å²) in [7, 11) is 1.83. The normalized spacial score (nSPS) is 13.7. The van der Waals surface area contributed by atoms with E-state index in [-0.39, 0.29) is 12.4 Å². The number of nitrogens with zero attached hydrogens (tertiary/aromatic N) is 5. The lowest BCUT2D eigenvalue weighted by Crippen LogP contribution is -1.97.